The standard InChI is InChI=1S/C16H20ClN5O2/c1-10-18-15(20-24-10)14-5-4-8-22(14)16(23)19-12-9-11(17)6-7-13(12)21(2)3/h6-7,9,14H,4-5,8H2,1-3H3,(H,19,23). The van der Waals surface area contributed by atoms with Crippen LogP contribution in [0.1, 0.15) is 30.6 Å². The third kappa shape index (κ3) is 3.31. The Labute approximate surface area is 145 Å². The van der Waals surface area contributed by atoms with Crippen LogP contribution in [0, 0.1) is 6.92 Å². The van der Waals surface area contributed by atoms with Gasteiger partial charge in [-0.05, 0) is 31.0 Å². The van der Waals surface area contributed by atoms with E-state index in [2.05, 4.69) is 15.5 Å². The molecule has 128 valence electrons. The van der Waals surface area contributed by atoms with Crippen LogP contribution in [0.15, 0.2) is 22.7 Å². The summed E-state index contributed by atoms with van der Waals surface area (Å²) in [6.45, 7) is 2.40. The second-order valence-corrected chi connectivity index (χ2v) is 6.45. The summed E-state index contributed by atoms with van der Waals surface area (Å²) in [7, 11) is 3.83. The van der Waals surface area contributed by atoms with Gasteiger partial charge in [-0.2, -0.15) is 4.98 Å². The summed E-state index contributed by atoms with van der Waals surface area (Å²) < 4.78 is 5.05. The molecule has 7 nitrogen and oxygen atoms in total. The molecule has 24 heavy (non-hydrogen) atoms. The maximum absolute atomic E-state index is 12.8. The highest BCUT2D eigenvalue weighted by Gasteiger charge is 2.33. The molecule has 1 fully saturated rings. The first-order valence-electron chi connectivity index (χ1n) is 7.80. The number of benzene rings is 1. The van der Waals surface area contributed by atoms with Gasteiger partial charge in [0.25, 0.3) is 0 Å². The number of anilines is 2. The second kappa shape index (κ2) is 6.68. The lowest BCUT2D eigenvalue weighted by Crippen LogP contribution is -2.35. The van der Waals surface area contributed by atoms with E-state index in [4.69, 9.17) is 16.1 Å². The van der Waals surface area contributed by atoms with Crippen molar-refractivity contribution in [2.24, 2.45) is 0 Å². The van der Waals surface area contributed by atoms with Crippen molar-refractivity contribution < 1.29 is 9.32 Å². The van der Waals surface area contributed by atoms with E-state index in [0.29, 0.717) is 29.0 Å². The topological polar surface area (TPSA) is 74.5 Å². The molecule has 2 aromatic rings. The van der Waals surface area contributed by atoms with Crippen molar-refractivity contribution in [3.63, 3.8) is 0 Å². The maximum Gasteiger partial charge on any atom is 0.322 e. The van der Waals surface area contributed by atoms with Crippen LogP contribution in [0.5, 0.6) is 0 Å². The van der Waals surface area contributed by atoms with Gasteiger partial charge in [0, 0.05) is 32.6 Å². The molecule has 1 aromatic heterocycles. The van der Waals surface area contributed by atoms with Gasteiger partial charge in [-0.15, -0.1) is 0 Å². The lowest BCUT2D eigenvalue weighted by Gasteiger charge is -2.24. The highest BCUT2D eigenvalue weighted by atomic mass is 35.5. The van der Waals surface area contributed by atoms with E-state index in [1.807, 2.05) is 25.1 Å². The molecule has 0 spiro atoms. The average molecular weight is 350 g/mol. The highest BCUT2D eigenvalue weighted by Crippen LogP contribution is 2.32. The number of nitrogens with one attached hydrogen (secondary N) is 1. The summed E-state index contributed by atoms with van der Waals surface area (Å²) in [5, 5.41) is 7.49. The lowest BCUT2D eigenvalue weighted by atomic mass is 10.2. The molecule has 8 heteroatoms. The number of carbonyl (C=O) groups is 1. The van der Waals surface area contributed by atoms with Crippen molar-refractivity contribution >= 4 is 29.0 Å². The van der Waals surface area contributed by atoms with Gasteiger partial charge in [-0.3, -0.25) is 0 Å². The summed E-state index contributed by atoms with van der Waals surface area (Å²) >= 11 is 6.08. The predicted molar refractivity (Wildman–Crippen MR) is 92.5 cm³/mol. The van der Waals surface area contributed by atoms with Crippen LogP contribution in [0.3, 0.4) is 0 Å². The highest BCUT2D eigenvalue weighted by molar-refractivity contribution is 6.31. The van der Waals surface area contributed by atoms with Gasteiger partial charge < -0.3 is 19.6 Å². The van der Waals surface area contributed by atoms with Crippen molar-refractivity contribution in [2.45, 2.75) is 25.8 Å². The van der Waals surface area contributed by atoms with Crippen molar-refractivity contribution in [3.05, 3.63) is 34.9 Å². The Hall–Kier alpha value is -2.28. The molecule has 0 aliphatic carbocycles. The SMILES string of the molecule is Cc1nc(C2CCCN2C(=O)Nc2cc(Cl)ccc2N(C)C)no1. The average Bonchev–Trinajstić information content (AvgIpc) is 3.15. The monoisotopic (exact) mass is 349 g/mol. The number of aromatic nitrogens is 2. The van der Waals surface area contributed by atoms with E-state index in [9.17, 15) is 4.79 Å². The minimum Gasteiger partial charge on any atom is -0.376 e. The van der Waals surface area contributed by atoms with Gasteiger partial charge in [0.05, 0.1) is 17.4 Å². The molecule has 1 saturated heterocycles. The zero-order valence-corrected chi connectivity index (χ0v) is 14.7. The Morgan fingerprint density at radius 3 is 2.92 bits per heavy atom. The third-order valence-electron chi connectivity index (χ3n) is 4.04. The molecule has 2 amide bonds. The summed E-state index contributed by atoms with van der Waals surface area (Å²) in [6, 6.07) is 5.07. The van der Waals surface area contributed by atoms with Crippen LogP contribution >= 0.6 is 11.6 Å². The molecule has 1 aromatic carbocycles. The normalized spacial score (nSPS) is 17.2. The number of aryl methyl sites for hydroxylation is 1. The molecular weight excluding hydrogens is 330 g/mol. The fourth-order valence-corrected chi connectivity index (χ4v) is 3.09. The Morgan fingerprint density at radius 1 is 1.46 bits per heavy atom. The summed E-state index contributed by atoms with van der Waals surface area (Å²) in [4.78, 5) is 20.7. The van der Waals surface area contributed by atoms with Crippen molar-refractivity contribution in [2.75, 3.05) is 30.9 Å². The Kier molecular flexibility index (Phi) is 4.62. The van der Waals surface area contributed by atoms with Gasteiger partial charge in [-0.1, -0.05) is 16.8 Å². The quantitative estimate of drug-likeness (QED) is 0.918. The minimum absolute atomic E-state index is 0.163. The number of hydrogen-bond acceptors (Lipinski definition) is 5. The molecule has 1 atom stereocenters. The van der Waals surface area contributed by atoms with Crippen LogP contribution in [0.2, 0.25) is 5.02 Å². The first-order valence-corrected chi connectivity index (χ1v) is 8.18. The fraction of sp³-hybridized carbons (Fsp3) is 0.438. The van der Waals surface area contributed by atoms with E-state index < -0.39 is 0 Å². The number of carbonyl (C=O) groups excluding carboxylic acids is 1. The molecule has 2 heterocycles. The van der Waals surface area contributed by atoms with Gasteiger partial charge in [-0.25, -0.2) is 4.79 Å². The minimum atomic E-state index is -0.190. The van der Waals surface area contributed by atoms with Crippen LogP contribution in [-0.4, -0.2) is 41.7 Å². The van der Waals surface area contributed by atoms with Crippen LogP contribution in [0.25, 0.3) is 0 Å². The van der Waals surface area contributed by atoms with Crippen molar-refractivity contribution in [1.29, 1.82) is 0 Å². The van der Waals surface area contributed by atoms with Gasteiger partial charge in [0.1, 0.15) is 0 Å². The lowest BCUT2D eigenvalue weighted by molar-refractivity contribution is 0.204. The van der Waals surface area contributed by atoms with E-state index in [0.717, 1.165) is 18.5 Å². The molecule has 1 aliphatic rings. The fourth-order valence-electron chi connectivity index (χ4n) is 2.91. The maximum atomic E-state index is 12.8. The first-order chi connectivity index (χ1) is 11.5. The Bertz CT molecular complexity index is 746. The number of rotatable bonds is 3. The summed E-state index contributed by atoms with van der Waals surface area (Å²) in [6.07, 6.45) is 1.73. The Morgan fingerprint density at radius 2 is 2.25 bits per heavy atom. The summed E-state index contributed by atoms with van der Waals surface area (Å²) in [5.74, 6) is 1.06. The third-order valence-corrected chi connectivity index (χ3v) is 4.27. The van der Waals surface area contributed by atoms with Crippen molar-refractivity contribution in [1.82, 2.24) is 15.0 Å². The van der Waals surface area contributed by atoms with Crippen molar-refractivity contribution in [3.8, 4) is 0 Å². The van der Waals surface area contributed by atoms with Gasteiger partial charge in [0.2, 0.25) is 5.89 Å². The largest absolute Gasteiger partial charge is 0.376 e. The van der Waals surface area contributed by atoms with Gasteiger partial charge >= 0.3 is 6.03 Å². The number of halogens is 1. The number of hydrogen-bond donors (Lipinski definition) is 1. The van der Waals surface area contributed by atoms with Crippen LogP contribution in [0.4, 0.5) is 16.2 Å². The smallest absolute Gasteiger partial charge is 0.322 e. The molecule has 3 rings (SSSR count). The molecule has 0 radical (unpaired) electrons. The summed E-state index contributed by atoms with van der Waals surface area (Å²) in [5.41, 5.74) is 1.56. The first kappa shape index (κ1) is 16.6. The zero-order valence-electron chi connectivity index (χ0n) is 13.9. The Balaban J connectivity index is 1.81. The molecule has 0 bridgehead atoms. The number of amides is 2. The molecular formula is C16H20ClN5O2. The van der Waals surface area contributed by atoms with E-state index in [-0.39, 0.29) is 12.1 Å². The predicted octanol–water partition coefficient (Wildman–Crippen LogP) is 3.47. The van der Waals surface area contributed by atoms with E-state index in [1.54, 1.807) is 24.0 Å². The second-order valence-electron chi connectivity index (χ2n) is 6.01. The molecule has 1 aliphatic heterocycles. The van der Waals surface area contributed by atoms with E-state index in [1.165, 1.54) is 0 Å². The number of urea groups is 1. The number of nitrogens with zero attached hydrogens (tertiary/aromatic N) is 4. The van der Waals surface area contributed by atoms with Crippen LogP contribution < -0.4 is 10.2 Å². The molecule has 1 unspecified atom stereocenters. The molecule has 0 saturated carbocycles. The zero-order chi connectivity index (χ0) is 17.3. The van der Waals surface area contributed by atoms with Crippen LogP contribution in [-0.2, 0) is 0 Å². The number of likely N-dealkylation sites (tertiary alicyclic amines) is 1. The van der Waals surface area contributed by atoms with E-state index >= 15 is 0 Å². The van der Waals surface area contributed by atoms with Gasteiger partial charge in [0.15, 0.2) is 5.82 Å². The molecule has 1 N–H and O–H groups in total.